The second kappa shape index (κ2) is 7.27. The molecule has 0 saturated heterocycles. The first-order valence-electron chi connectivity index (χ1n) is 7.84. The predicted octanol–water partition coefficient (Wildman–Crippen LogP) is 5.93. The maximum atomic E-state index is 5.93. The van der Waals surface area contributed by atoms with Gasteiger partial charge < -0.3 is 10.6 Å². The summed E-state index contributed by atoms with van der Waals surface area (Å²) in [5.74, 6) is 1.15. The Morgan fingerprint density at radius 3 is 2.54 bits per heavy atom. The molecule has 0 aliphatic heterocycles. The lowest BCUT2D eigenvalue weighted by Crippen LogP contribution is -2.01. The fourth-order valence-corrected chi connectivity index (χ4v) is 2.88. The fraction of sp³-hybridized carbons (Fsp3) is 0. The van der Waals surface area contributed by atoms with Gasteiger partial charge >= 0.3 is 0 Å². The van der Waals surface area contributed by atoms with E-state index in [0.717, 1.165) is 26.8 Å². The molecule has 0 radical (unpaired) electrons. The summed E-state index contributed by atoms with van der Waals surface area (Å²) in [7, 11) is 0. The molecule has 0 amide bonds. The maximum Gasteiger partial charge on any atom is 0.229 e. The Balaban J connectivity index is 1.59. The third-order valence-electron chi connectivity index (χ3n) is 3.71. The monoisotopic (exact) mass is 425 g/mol. The highest BCUT2D eigenvalue weighted by Gasteiger charge is 2.07. The van der Waals surface area contributed by atoms with Crippen LogP contribution in [0.4, 0.5) is 23.1 Å². The van der Waals surface area contributed by atoms with E-state index in [1.807, 2.05) is 54.6 Å². The molecule has 4 rings (SSSR count). The van der Waals surface area contributed by atoms with Gasteiger partial charge in [-0.1, -0.05) is 17.7 Å². The smallest absolute Gasteiger partial charge is 0.229 e. The summed E-state index contributed by atoms with van der Waals surface area (Å²) in [6, 6.07) is 17.3. The number of halogens is 2. The molecule has 0 spiro atoms. The van der Waals surface area contributed by atoms with Crippen LogP contribution in [-0.4, -0.2) is 15.0 Å². The highest BCUT2D eigenvalue weighted by Crippen LogP contribution is 2.26. The SMILES string of the molecule is Clc1ccc(Nc2nc(Nc3ccc4ncccc4c3)ncc2Br)cc1. The number of aromatic nitrogens is 3. The Morgan fingerprint density at radius 1 is 0.885 bits per heavy atom. The molecule has 2 aromatic carbocycles. The maximum absolute atomic E-state index is 5.93. The average Bonchev–Trinajstić information content (AvgIpc) is 2.66. The van der Waals surface area contributed by atoms with E-state index in [0.29, 0.717) is 16.8 Å². The number of rotatable bonds is 4. The summed E-state index contributed by atoms with van der Waals surface area (Å²) < 4.78 is 0.765. The van der Waals surface area contributed by atoms with Crippen LogP contribution in [0.5, 0.6) is 0 Å². The van der Waals surface area contributed by atoms with Crippen molar-refractivity contribution >= 4 is 61.6 Å². The van der Waals surface area contributed by atoms with E-state index in [1.165, 1.54) is 0 Å². The van der Waals surface area contributed by atoms with Crippen LogP contribution in [0.25, 0.3) is 10.9 Å². The van der Waals surface area contributed by atoms with E-state index in [2.05, 4.69) is 41.5 Å². The van der Waals surface area contributed by atoms with Crippen molar-refractivity contribution in [3.05, 3.63) is 76.5 Å². The third-order valence-corrected chi connectivity index (χ3v) is 4.54. The molecule has 0 bridgehead atoms. The second-order valence-corrected chi connectivity index (χ2v) is 6.85. The zero-order valence-electron chi connectivity index (χ0n) is 13.4. The molecule has 0 aliphatic carbocycles. The lowest BCUT2D eigenvalue weighted by atomic mass is 10.2. The number of benzene rings is 2. The van der Waals surface area contributed by atoms with E-state index in [-0.39, 0.29) is 0 Å². The largest absolute Gasteiger partial charge is 0.339 e. The van der Waals surface area contributed by atoms with Crippen LogP contribution < -0.4 is 10.6 Å². The zero-order chi connectivity index (χ0) is 17.9. The molecule has 4 aromatic rings. The van der Waals surface area contributed by atoms with Gasteiger partial charge in [0.2, 0.25) is 5.95 Å². The first-order valence-corrected chi connectivity index (χ1v) is 9.01. The molecule has 7 heteroatoms. The van der Waals surface area contributed by atoms with Gasteiger partial charge in [-0.15, -0.1) is 0 Å². The van der Waals surface area contributed by atoms with Crippen LogP contribution in [0.1, 0.15) is 0 Å². The lowest BCUT2D eigenvalue weighted by molar-refractivity contribution is 1.15. The minimum Gasteiger partial charge on any atom is -0.339 e. The molecule has 2 N–H and O–H groups in total. The summed E-state index contributed by atoms with van der Waals surface area (Å²) in [5.41, 5.74) is 2.72. The predicted molar refractivity (Wildman–Crippen MR) is 109 cm³/mol. The van der Waals surface area contributed by atoms with E-state index in [1.54, 1.807) is 12.4 Å². The van der Waals surface area contributed by atoms with Gasteiger partial charge in [0.05, 0.1) is 9.99 Å². The number of nitrogens with one attached hydrogen (secondary N) is 2. The van der Waals surface area contributed by atoms with E-state index < -0.39 is 0 Å². The molecular weight excluding hydrogens is 414 g/mol. The van der Waals surface area contributed by atoms with Crippen LogP contribution in [0.2, 0.25) is 5.02 Å². The van der Waals surface area contributed by atoms with Crippen molar-refractivity contribution in [2.75, 3.05) is 10.6 Å². The molecular formula is C19H13BrClN5. The van der Waals surface area contributed by atoms with Gasteiger partial charge in [-0.05, 0) is 64.5 Å². The molecule has 0 unspecified atom stereocenters. The minimum atomic E-state index is 0.493. The standard InChI is InChI=1S/C19H13BrClN5/c20-16-11-23-19(26-18(16)24-14-5-3-13(21)4-6-14)25-15-7-8-17-12(10-15)2-1-9-22-17/h1-11H,(H2,23,24,25,26). The molecule has 26 heavy (non-hydrogen) atoms. The minimum absolute atomic E-state index is 0.493. The Morgan fingerprint density at radius 2 is 1.69 bits per heavy atom. The topological polar surface area (TPSA) is 62.7 Å². The van der Waals surface area contributed by atoms with Gasteiger partial charge in [-0.2, -0.15) is 4.98 Å². The Hall–Kier alpha value is -2.70. The van der Waals surface area contributed by atoms with Crippen molar-refractivity contribution in [3.8, 4) is 0 Å². The number of anilines is 4. The quantitative estimate of drug-likeness (QED) is 0.423. The third kappa shape index (κ3) is 3.76. The summed E-state index contributed by atoms with van der Waals surface area (Å²) in [6.45, 7) is 0. The summed E-state index contributed by atoms with van der Waals surface area (Å²) >= 11 is 9.40. The van der Waals surface area contributed by atoms with Crippen molar-refractivity contribution in [2.45, 2.75) is 0 Å². The van der Waals surface area contributed by atoms with E-state index in [9.17, 15) is 0 Å². The normalized spacial score (nSPS) is 10.7. The van der Waals surface area contributed by atoms with Gasteiger partial charge in [0, 0.05) is 34.2 Å². The number of hydrogen-bond acceptors (Lipinski definition) is 5. The summed E-state index contributed by atoms with van der Waals surface area (Å²) in [5, 5.41) is 8.21. The number of nitrogens with zero attached hydrogens (tertiary/aromatic N) is 3. The molecule has 2 aromatic heterocycles. The first kappa shape index (κ1) is 16.8. The van der Waals surface area contributed by atoms with Gasteiger partial charge in [-0.25, -0.2) is 4.98 Å². The van der Waals surface area contributed by atoms with Gasteiger partial charge in [0.15, 0.2) is 0 Å². The second-order valence-electron chi connectivity index (χ2n) is 5.56. The Bertz CT molecular complexity index is 1070. The van der Waals surface area contributed by atoms with Crippen LogP contribution in [0.3, 0.4) is 0 Å². The number of pyridine rings is 1. The van der Waals surface area contributed by atoms with Crippen molar-refractivity contribution in [3.63, 3.8) is 0 Å². The van der Waals surface area contributed by atoms with Crippen LogP contribution >= 0.6 is 27.5 Å². The van der Waals surface area contributed by atoms with Gasteiger partial charge in [0.25, 0.3) is 0 Å². The van der Waals surface area contributed by atoms with Crippen molar-refractivity contribution in [2.24, 2.45) is 0 Å². The van der Waals surface area contributed by atoms with E-state index in [4.69, 9.17) is 11.6 Å². The van der Waals surface area contributed by atoms with Crippen molar-refractivity contribution in [1.82, 2.24) is 15.0 Å². The van der Waals surface area contributed by atoms with Gasteiger partial charge in [-0.3, -0.25) is 4.98 Å². The summed E-state index contributed by atoms with van der Waals surface area (Å²) in [4.78, 5) is 13.2. The highest BCUT2D eigenvalue weighted by atomic mass is 79.9. The zero-order valence-corrected chi connectivity index (χ0v) is 15.8. The van der Waals surface area contributed by atoms with Gasteiger partial charge in [0.1, 0.15) is 5.82 Å². The van der Waals surface area contributed by atoms with Crippen LogP contribution in [0, 0.1) is 0 Å². The molecule has 0 atom stereocenters. The van der Waals surface area contributed by atoms with Crippen LogP contribution in [0.15, 0.2) is 71.5 Å². The Kier molecular flexibility index (Phi) is 4.69. The lowest BCUT2D eigenvalue weighted by Gasteiger charge is -2.11. The van der Waals surface area contributed by atoms with Crippen LogP contribution in [-0.2, 0) is 0 Å². The molecule has 128 valence electrons. The molecule has 2 heterocycles. The first-order chi connectivity index (χ1) is 12.7. The molecule has 5 nitrogen and oxygen atoms in total. The number of fused-ring (bicyclic) bond motifs is 1. The fourth-order valence-electron chi connectivity index (χ4n) is 2.47. The molecule has 0 fully saturated rings. The highest BCUT2D eigenvalue weighted by molar-refractivity contribution is 9.10. The Labute approximate surface area is 163 Å². The summed E-state index contributed by atoms with van der Waals surface area (Å²) in [6.07, 6.45) is 3.48. The van der Waals surface area contributed by atoms with E-state index >= 15 is 0 Å². The van der Waals surface area contributed by atoms with Crippen molar-refractivity contribution < 1.29 is 0 Å². The molecule has 0 aliphatic rings. The van der Waals surface area contributed by atoms with Crippen molar-refractivity contribution in [1.29, 1.82) is 0 Å². The molecule has 0 saturated carbocycles. The average molecular weight is 427 g/mol. The number of hydrogen-bond donors (Lipinski definition) is 2.